The van der Waals surface area contributed by atoms with Gasteiger partial charge in [0, 0.05) is 3.57 Å². The first-order chi connectivity index (χ1) is 9.13. The minimum atomic E-state index is -0.288. The highest BCUT2D eigenvalue weighted by atomic mass is 127. The average Bonchev–Trinajstić information content (AvgIpc) is 2.80. The standard InChI is InChI=1S/C11H6ClFIN5/c12-11-17-9(6-4-15-19-10(6)18-11)16-8-2-1-5(13)3-7(8)14/h1-4H,(H2,15,16,17,18,19). The molecular formula is C11H6ClFIN5. The van der Waals surface area contributed by atoms with Crippen molar-refractivity contribution in [3.05, 3.63) is 39.1 Å². The summed E-state index contributed by atoms with van der Waals surface area (Å²) in [5.41, 5.74) is 1.28. The van der Waals surface area contributed by atoms with Crippen LogP contribution in [0.25, 0.3) is 11.0 Å². The summed E-state index contributed by atoms with van der Waals surface area (Å²) in [5.74, 6) is 0.234. The zero-order chi connectivity index (χ0) is 13.4. The molecule has 2 N–H and O–H groups in total. The molecular weight excluding hydrogens is 384 g/mol. The smallest absolute Gasteiger partial charge is 0.226 e. The number of aromatic amines is 1. The second kappa shape index (κ2) is 4.89. The molecule has 0 spiro atoms. The molecule has 0 amide bonds. The molecule has 0 bridgehead atoms. The van der Waals surface area contributed by atoms with Gasteiger partial charge in [-0.2, -0.15) is 15.1 Å². The predicted molar refractivity (Wildman–Crippen MR) is 79.1 cm³/mol. The Hall–Kier alpha value is -1.48. The van der Waals surface area contributed by atoms with Crippen LogP contribution in [0.15, 0.2) is 24.4 Å². The van der Waals surface area contributed by atoms with Gasteiger partial charge in [0.15, 0.2) is 5.65 Å². The lowest BCUT2D eigenvalue weighted by Crippen LogP contribution is -1.98. The van der Waals surface area contributed by atoms with E-state index in [4.69, 9.17) is 11.6 Å². The fraction of sp³-hybridized carbons (Fsp3) is 0. The summed E-state index contributed by atoms with van der Waals surface area (Å²) in [6.07, 6.45) is 1.60. The highest BCUT2D eigenvalue weighted by Crippen LogP contribution is 2.27. The maximum absolute atomic E-state index is 13.1. The topological polar surface area (TPSA) is 66.5 Å². The van der Waals surface area contributed by atoms with Crippen LogP contribution in [0.2, 0.25) is 5.28 Å². The number of nitrogens with zero attached hydrogens (tertiary/aromatic N) is 3. The van der Waals surface area contributed by atoms with Gasteiger partial charge in [-0.25, -0.2) is 4.39 Å². The second-order valence-corrected chi connectivity index (χ2v) is 5.22. The Bertz CT molecular complexity index is 760. The van der Waals surface area contributed by atoms with E-state index in [0.717, 1.165) is 9.26 Å². The molecule has 19 heavy (non-hydrogen) atoms. The van der Waals surface area contributed by atoms with E-state index in [1.165, 1.54) is 12.1 Å². The van der Waals surface area contributed by atoms with Gasteiger partial charge in [-0.05, 0) is 52.4 Å². The van der Waals surface area contributed by atoms with Crippen molar-refractivity contribution in [2.24, 2.45) is 0 Å². The Kier molecular flexibility index (Phi) is 3.23. The van der Waals surface area contributed by atoms with Gasteiger partial charge in [0.25, 0.3) is 0 Å². The quantitative estimate of drug-likeness (QED) is 0.520. The molecule has 5 nitrogen and oxygen atoms in total. The summed E-state index contributed by atoms with van der Waals surface area (Å²) < 4.78 is 13.8. The van der Waals surface area contributed by atoms with Gasteiger partial charge >= 0.3 is 0 Å². The van der Waals surface area contributed by atoms with Crippen LogP contribution in [0.3, 0.4) is 0 Å². The average molecular weight is 390 g/mol. The normalized spacial score (nSPS) is 10.9. The minimum absolute atomic E-state index is 0.108. The molecule has 2 heterocycles. The number of aromatic nitrogens is 4. The number of fused-ring (bicyclic) bond motifs is 1. The van der Waals surface area contributed by atoms with Crippen molar-refractivity contribution < 1.29 is 4.39 Å². The molecule has 0 fully saturated rings. The molecule has 0 saturated carbocycles. The van der Waals surface area contributed by atoms with Crippen LogP contribution < -0.4 is 5.32 Å². The molecule has 2 aromatic heterocycles. The third-order valence-electron chi connectivity index (χ3n) is 2.47. The van der Waals surface area contributed by atoms with Crippen LogP contribution in [0.4, 0.5) is 15.9 Å². The summed E-state index contributed by atoms with van der Waals surface area (Å²) >= 11 is 7.88. The van der Waals surface area contributed by atoms with E-state index >= 15 is 0 Å². The Balaban J connectivity index is 2.07. The minimum Gasteiger partial charge on any atom is -0.339 e. The fourth-order valence-electron chi connectivity index (χ4n) is 1.62. The summed E-state index contributed by atoms with van der Waals surface area (Å²) in [5, 5.41) is 10.5. The Labute approximate surface area is 125 Å². The molecule has 8 heteroatoms. The lowest BCUT2D eigenvalue weighted by atomic mass is 10.3. The van der Waals surface area contributed by atoms with Crippen molar-refractivity contribution in [3.8, 4) is 0 Å². The predicted octanol–water partition coefficient (Wildman–Crippen LogP) is 3.49. The number of benzene rings is 1. The molecule has 0 radical (unpaired) electrons. The van der Waals surface area contributed by atoms with E-state index in [2.05, 4.69) is 25.5 Å². The van der Waals surface area contributed by atoms with Crippen molar-refractivity contribution in [1.29, 1.82) is 0 Å². The van der Waals surface area contributed by atoms with E-state index in [-0.39, 0.29) is 11.1 Å². The number of H-pyrrole nitrogens is 1. The first kappa shape index (κ1) is 12.5. The Morgan fingerprint density at radius 3 is 2.95 bits per heavy atom. The molecule has 0 saturated heterocycles. The highest BCUT2D eigenvalue weighted by molar-refractivity contribution is 14.1. The van der Waals surface area contributed by atoms with Gasteiger partial charge in [-0.3, -0.25) is 5.10 Å². The van der Waals surface area contributed by atoms with Gasteiger partial charge in [0.1, 0.15) is 11.6 Å². The summed E-state index contributed by atoms with van der Waals surface area (Å²) in [6.45, 7) is 0. The number of halogens is 3. The van der Waals surface area contributed by atoms with Crippen molar-refractivity contribution in [3.63, 3.8) is 0 Å². The second-order valence-electron chi connectivity index (χ2n) is 3.72. The third-order valence-corrected chi connectivity index (χ3v) is 3.53. The third kappa shape index (κ3) is 2.47. The van der Waals surface area contributed by atoms with Gasteiger partial charge in [-0.1, -0.05) is 0 Å². The van der Waals surface area contributed by atoms with Crippen molar-refractivity contribution in [2.45, 2.75) is 0 Å². The van der Waals surface area contributed by atoms with Gasteiger partial charge in [0.05, 0.1) is 17.3 Å². The number of hydrogen-bond acceptors (Lipinski definition) is 4. The molecule has 1 aromatic carbocycles. The monoisotopic (exact) mass is 389 g/mol. The Morgan fingerprint density at radius 2 is 2.16 bits per heavy atom. The van der Waals surface area contributed by atoms with Gasteiger partial charge < -0.3 is 5.32 Å². The largest absolute Gasteiger partial charge is 0.339 e. The van der Waals surface area contributed by atoms with Crippen LogP contribution in [-0.4, -0.2) is 20.2 Å². The molecule has 0 atom stereocenters. The SMILES string of the molecule is Fc1ccc(Nc2nc(Cl)nc3[nH]ncc23)c(I)c1. The molecule has 0 aliphatic carbocycles. The molecule has 3 rings (SSSR count). The highest BCUT2D eigenvalue weighted by Gasteiger charge is 2.10. The van der Waals surface area contributed by atoms with E-state index in [9.17, 15) is 4.39 Å². The lowest BCUT2D eigenvalue weighted by molar-refractivity contribution is 0.627. The molecule has 3 aromatic rings. The fourth-order valence-corrected chi connectivity index (χ4v) is 2.40. The van der Waals surface area contributed by atoms with Crippen molar-refractivity contribution >= 4 is 56.7 Å². The Morgan fingerprint density at radius 1 is 1.32 bits per heavy atom. The number of nitrogens with one attached hydrogen (secondary N) is 2. The number of hydrogen-bond donors (Lipinski definition) is 2. The van der Waals surface area contributed by atoms with Crippen molar-refractivity contribution in [2.75, 3.05) is 5.32 Å². The molecule has 0 unspecified atom stereocenters. The first-order valence-corrected chi connectivity index (χ1v) is 6.68. The zero-order valence-electron chi connectivity index (χ0n) is 9.28. The molecule has 0 aliphatic rings. The zero-order valence-corrected chi connectivity index (χ0v) is 12.2. The maximum Gasteiger partial charge on any atom is 0.226 e. The van der Waals surface area contributed by atoms with Gasteiger partial charge in [0.2, 0.25) is 5.28 Å². The summed E-state index contributed by atoms with van der Waals surface area (Å²) in [6, 6.07) is 4.44. The van der Waals surface area contributed by atoms with E-state index in [1.807, 2.05) is 22.6 Å². The van der Waals surface area contributed by atoms with Crippen LogP contribution in [0, 0.1) is 9.39 Å². The van der Waals surface area contributed by atoms with Crippen LogP contribution in [0.1, 0.15) is 0 Å². The van der Waals surface area contributed by atoms with Gasteiger partial charge in [-0.15, -0.1) is 0 Å². The lowest BCUT2D eigenvalue weighted by Gasteiger charge is -2.08. The van der Waals surface area contributed by atoms with Crippen LogP contribution in [0.5, 0.6) is 0 Å². The maximum atomic E-state index is 13.1. The summed E-state index contributed by atoms with van der Waals surface area (Å²) in [4.78, 5) is 8.13. The van der Waals surface area contributed by atoms with Crippen LogP contribution in [-0.2, 0) is 0 Å². The number of anilines is 2. The van der Waals surface area contributed by atoms with E-state index in [1.54, 1.807) is 12.3 Å². The van der Waals surface area contributed by atoms with E-state index < -0.39 is 0 Å². The first-order valence-electron chi connectivity index (χ1n) is 5.22. The van der Waals surface area contributed by atoms with E-state index in [0.29, 0.717) is 16.9 Å². The number of rotatable bonds is 2. The molecule has 0 aliphatic heterocycles. The molecule has 96 valence electrons. The van der Waals surface area contributed by atoms with Crippen molar-refractivity contribution in [1.82, 2.24) is 20.2 Å². The summed E-state index contributed by atoms with van der Waals surface area (Å²) in [7, 11) is 0. The van der Waals surface area contributed by atoms with Crippen LogP contribution >= 0.6 is 34.2 Å².